The van der Waals surface area contributed by atoms with Gasteiger partial charge in [-0.2, -0.15) is 0 Å². The van der Waals surface area contributed by atoms with Crippen LogP contribution in [0.25, 0.3) is 10.2 Å². The van der Waals surface area contributed by atoms with Gasteiger partial charge in [-0.25, -0.2) is 9.97 Å². The van der Waals surface area contributed by atoms with Gasteiger partial charge in [0.15, 0.2) is 0 Å². The SMILES string of the molecule is Cc1cccc2nc(CCCN3CCN(c4ncccc4CO)CC3)sc12. The van der Waals surface area contributed by atoms with Crippen molar-refractivity contribution in [2.24, 2.45) is 0 Å². The zero-order chi connectivity index (χ0) is 18.6. The molecule has 1 fully saturated rings. The highest BCUT2D eigenvalue weighted by Gasteiger charge is 2.19. The number of piperazine rings is 1. The molecule has 2 aromatic heterocycles. The number of anilines is 1. The highest BCUT2D eigenvalue weighted by atomic mass is 32.1. The fraction of sp³-hybridized carbons (Fsp3) is 0.429. The third-order valence-corrected chi connectivity index (χ3v) is 6.50. The molecule has 6 heteroatoms. The maximum atomic E-state index is 9.51. The number of aryl methyl sites for hydroxylation is 2. The van der Waals surface area contributed by atoms with Crippen molar-refractivity contribution < 1.29 is 5.11 Å². The van der Waals surface area contributed by atoms with E-state index in [1.165, 1.54) is 15.3 Å². The highest BCUT2D eigenvalue weighted by Crippen LogP contribution is 2.26. The summed E-state index contributed by atoms with van der Waals surface area (Å²) in [6, 6.07) is 10.2. The number of aromatic nitrogens is 2. The van der Waals surface area contributed by atoms with Gasteiger partial charge in [-0.3, -0.25) is 4.90 Å². The molecule has 3 aromatic rings. The minimum atomic E-state index is 0.0467. The molecular formula is C21H26N4OS. The number of fused-ring (bicyclic) bond motifs is 1. The molecule has 1 saturated heterocycles. The molecule has 0 radical (unpaired) electrons. The molecule has 0 aliphatic carbocycles. The van der Waals surface area contributed by atoms with Crippen LogP contribution in [-0.4, -0.2) is 52.7 Å². The Bertz CT molecular complexity index is 902. The number of hydrogen-bond acceptors (Lipinski definition) is 6. The first-order valence-electron chi connectivity index (χ1n) is 9.61. The van der Waals surface area contributed by atoms with Crippen LogP contribution in [0.3, 0.4) is 0 Å². The van der Waals surface area contributed by atoms with Gasteiger partial charge in [-0.1, -0.05) is 18.2 Å². The van der Waals surface area contributed by atoms with E-state index in [9.17, 15) is 5.11 Å². The van der Waals surface area contributed by atoms with Crippen molar-refractivity contribution in [3.8, 4) is 0 Å². The number of hydrogen-bond donors (Lipinski definition) is 1. The molecule has 0 bridgehead atoms. The summed E-state index contributed by atoms with van der Waals surface area (Å²) < 4.78 is 1.33. The van der Waals surface area contributed by atoms with Crippen molar-refractivity contribution in [1.29, 1.82) is 0 Å². The van der Waals surface area contributed by atoms with Crippen molar-refractivity contribution in [2.45, 2.75) is 26.4 Å². The summed E-state index contributed by atoms with van der Waals surface area (Å²) in [5.41, 5.74) is 3.37. The first-order chi connectivity index (χ1) is 13.2. The lowest BCUT2D eigenvalue weighted by Crippen LogP contribution is -2.47. The van der Waals surface area contributed by atoms with E-state index in [-0.39, 0.29) is 6.61 Å². The van der Waals surface area contributed by atoms with Gasteiger partial charge in [-0.15, -0.1) is 11.3 Å². The average molecular weight is 383 g/mol. The van der Waals surface area contributed by atoms with Gasteiger partial charge in [0.05, 0.1) is 21.8 Å². The van der Waals surface area contributed by atoms with E-state index in [1.807, 2.05) is 23.5 Å². The molecule has 1 aliphatic heterocycles. The molecule has 0 amide bonds. The van der Waals surface area contributed by atoms with Gasteiger partial charge in [0.1, 0.15) is 5.82 Å². The largest absolute Gasteiger partial charge is 0.392 e. The van der Waals surface area contributed by atoms with Crippen LogP contribution in [0, 0.1) is 6.92 Å². The summed E-state index contributed by atoms with van der Waals surface area (Å²) >= 11 is 1.84. The van der Waals surface area contributed by atoms with E-state index in [0.29, 0.717) is 0 Å². The van der Waals surface area contributed by atoms with E-state index in [2.05, 4.69) is 39.9 Å². The summed E-state index contributed by atoms with van der Waals surface area (Å²) in [6.45, 7) is 7.33. The molecular weight excluding hydrogens is 356 g/mol. The Morgan fingerprint density at radius 3 is 2.74 bits per heavy atom. The summed E-state index contributed by atoms with van der Waals surface area (Å²) in [5.74, 6) is 0.935. The minimum Gasteiger partial charge on any atom is -0.392 e. The number of thiazole rings is 1. The highest BCUT2D eigenvalue weighted by molar-refractivity contribution is 7.18. The van der Waals surface area contributed by atoms with E-state index >= 15 is 0 Å². The maximum absolute atomic E-state index is 9.51. The molecule has 0 atom stereocenters. The van der Waals surface area contributed by atoms with Crippen LogP contribution in [0.5, 0.6) is 0 Å². The minimum absolute atomic E-state index is 0.0467. The van der Waals surface area contributed by atoms with Gasteiger partial charge < -0.3 is 10.0 Å². The Balaban J connectivity index is 1.27. The summed E-state index contributed by atoms with van der Waals surface area (Å²) in [5, 5.41) is 10.8. The summed E-state index contributed by atoms with van der Waals surface area (Å²) in [7, 11) is 0. The molecule has 5 nitrogen and oxygen atoms in total. The Morgan fingerprint density at radius 1 is 1.11 bits per heavy atom. The van der Waals surface area contributed by atoms with Crippen LogP contribution in [0.2, 0.25) is 0 Å². The van der Waals surface area contributed by atoms with E-state index in [1.54, 1.807) is 6.20 Å². The monoisotopic (exact) mass is 382 g/mol. The maximum Gasteiger partial charge on any atom is 0.134 e. The zero-order valence-electron chi connectivity index (χ0n) is 15.8. The van der Waals surface area contributed by atoms with Crippen LogP contribution >= 0.6 is 11.3 Å². The first kappa shape index (κ1) is 18.3. The van der Waals surface area contributed by atoms with E-state index in [0.717, 1.165) is 62.5 Å². The molecule has 1 aliphatic rings. The Hall–Kier alpha value is -2.02. The number of aliphatic hydroxyl groups excluding tert-OH is 1. The third kappa shape index (κ3) is 4.13. The fourth-order valence-electron chi connectivity index (χ4n) is 3.72. The van der Waals surface area contributed by atoms with Crippen molar-refractivity contribution in [1.82, 2.24) is 14.9 Å². The van der Waals surface area contributed by atoms with E-state index < -0.39 is 0 Å². The van der Waals surface area contributed by atoms with Crippen LogP contribution in [0.4, 0.5) is 5.82 Å². The molecule has 0 saturated carbocycles. The van der Waals surface area contributed by atoms with Crippen LogP contribution in [0.1, 0.15) is 22.6 Å². The summed E-state index contributed by atoms with van der Waals surface area (Å²) in [4.78, 5) is 14.1. The van der Waals surface area contributed by atoms with Crippen molar-refractivity contribution >= 4 is 27.4 Å². The van der Waals surface area contributed by atoms with Gasteiger partial charge >= 0.3 is 0 Å². The van der Waals surface area contributed by atoms with Gasteiger partial charge in [0.2, 0.25) is 0 Å². The van der Waals surface area contributed by atoms with Crippen molar-refractivity contribution in [2.75, 3.05) is 37.6 Å². The van der Waals surface area contributed by atoms with Gasteiger partial charge in [0.25, 0.3) is 0 Å². The van der Waals surface area contributed by atoms with Gasteiger partial charge in [0, 0.05) is 44.4 Å². The normalized spacial score (nSPS) is 15.6. The second-order valence-electron chi connectivity index (χ2n) is 7.11. The molecule has 3 heterocycles. The van der Waals surface area contributed by atoms with Crippen LogP contribution in [-0.2, 0) is 13.0 Å². The smallest absolute Gasteiger partial charge is 0.134 e. The Labute approximate surface area is 164 Å². The molecule has 1 aromatic carbocycles. The van der Waals surface area contributed by atoms with Crippen LogP contribution in [0.15, 0.2) is 36.5 Å². The van der Waals surface area contributed by atoms with Crippen LogP contribution < -0.4 is 4.90 Å². The van der Waals surface area contributed by atoms with Gasteiger partial charge in [-0.05, 0) is 37.6 Å². The number of benzene rings is 1. The van der Waals surface area contributed by atoms with Crippen molar-refractivity contribution in [3.05, 3.63) is 52.7 Å². The first-order valence-corrected chi connectivity index (χ1v) is 10.4. The fourth-order valence-corrected chi connectivity index (χ4v) is 4.79. The Kier molecular flexibility index (Phi) is 5.66. The lowest BCUT2D eigenvalue weighted by Gasteiger charge is -2.36. The number of aliphatic hydroxyl groups is 1. The summed E-state index contributed by atoms with van der Waals surface area (Å²) in [6.07, 6.45) is 4.00. The quantitative estimate of drug-likeness (QED) is 0.709. The van der Waals surface area contributed by atoms with E-state index in [4.69, 9.17) is 4.98 Å². The molecule has 142 valence electrons. The molecule has 27 heavy (non-hydrogen) atoms. The topological polar surface area (TPSA) is 52.5 Å². The lowest BCUT2D eigenvalue weighted by atomic mass is 10.2. The molecule has 4 rings (SSSR count). The molecule has 0 unspecified atom stereocenters. The molecule has 0 spiro atoms. The lowest BCUT2D eigenvalue weighted by molar-refractivity contribution is 0.252. The average Bonchev–Trinajstić information content (AvgIpc) is 3.13. The predicted molar refractivity (Wildman–Crippen MR) is 111 cm³/mol. The number of pyridine rings is 1. The third-order valence-electron chi connectivity index (χ3n) is 5.23. The number of rotatable bonds is 6. The Morgan fingerprint density at radius 2 is 1.96 bits per heavy atom. The second kappa shape index (κ2) is 8.33. The predicted octanol–water partition coefficient (Wildman–Crippen LogP) is 3.25. The van der Waals surface area contributed by atoms with Crippen molar-refractivity contribution in [3.63, 3.8) is 0 Å². The zero-order valence-corrected chi connectivity index (χ0v) is 16.6. The number of nitrogens with zero attached hydrogens (tertiary/aromatic N) is 4. The standard InChI is InChI=1S/C21H26N4OS/c1-16-5-2-7-18-20(16)27-19(23-18)8-4-10-24-11-13-25(14-12-24)21-17(15-26)6-3-9-22-21/h2-3,5-7,9,26H,4,8,10-15H2,1H3. The molecule has 1 N–H and O–H groups in total. The second-order valence-corrected chi connectivity index (χ2v) is 8.19.